The Balaban J connectivity index is 2.25. The van der Waals surface area contributed by atoms with E-state index in [2.05, 4.69) is 13.8 Å². The second-order valence-corrected chi connectivity index (χ2v) is 5.52. The van der Waals surface area contributed by atoms with E-state index in [-0.39, 0.29) is 0 Å². The van der Waals surface area contributed by atoms with Crippen molar-refractivity contribution in [1.29, 1.82) is 0 Å². The van der Waals surface area contributed by atoms with Gasteiger partial charge in [0.05, 0.1) is 4.92 Å². The largest absolute Gasteiger partial charge is 0.366 e. The van der Waals surface area contributed by atoms with Gasteiger partial charge < -0.3 is 4.90 Å². The van der Waals surface area contributed by atoms with Crippen LogP contribution in [-0.2, 0) is 0 Å². The molecule has 0 N–H and O–H groups in total. The van der Waals surface area contributed by atoms with Crippen LogP contribution in [0.2, 0.25) is 0 Å². The highest BCUT2D eigenvalue weighted by Crippen LogP contribution is 2.38. The van der Waals surface area contributed by atoms with Crippen LogP contribution < -0.4 is 4.90 Å². The van der Waals surface area contributed by atoms with Crippen molar-refractivity contribution in [3.63, 3.8) is 0 Å². The molecule has 0 amide bonds. The number of halogens is 1. The Bertz CT molecular complexity index is 482. The van der Waals surface area contributed by atoms with Gasteiger partial charge in [-0.15, -0.1) is 0 Å². The summed E-state index contributed by atoms with van der Waals surface area (Å²) in [5.41, 5.74) is 0.309. The fourth-order valence-electron chi connectivity index (χ4n) is 2.58. The van der Waals surface area contributed by atoms with Crippen LogP contribution in [0, 0.1) is 21.3 Å². The van der Waals surface area contributed by atoms with E-state index in [0.717, 1.165) is 38.4 Å². The van der Waals surface area contributed by atoms with Crippen molar-refractivity contribution in [2.75, 3.05) is 18.0 Å². The van der Waals surface area contributed by atoms with Crippen molar-refractivity contribution in [2.45, 2.75) is 33.1 Å². The van der Waals surface area contributed by atoms with Crippen molar-refractivity contribution < 1.29 is 9.31 Å². The van der Waals surface area contributed by atoms with Crippen molar-refractivity contribution >= 4 is 11.4 Å². The molecule has 4 nitrogen and oxygen atoms in total. The van der Waals surface area contributed by atoms with Crippen LogP contribution in [0.1, 0.15) is 33.1 Å². The van der Waals surface area contributed by atoms with Crippen LogP contribution in [-0.4, -0.2) is 18.0 Å². The number of rotatable bonds is 3. The lowest BCUT2D eigenvalue weighted by molar-refractivity contribution is -0.386. The number of nitro benzene ring substituents is 1. The van der Waals surface area contributed by atoms with Crippen LogP contribution in [0.5, 0.6) is 0 Å². The third-order valence-electron chi connectivity index (χ3n) is 4.31. The molecule has 1 fully saturated rings. The molecule has 104 valence electrons. The SMILES string of the molecule is CCC1(C)CCN(c2cccc(F)c2[N+](=O)[O-])CC1. The van der Waals surface area contributed by atoms with Crippen LogP contribution in [0.4, 0.5) is 15.8 Å². The molecule has 0 atom stereocenters. The third kappa shape index (κ3) is 2.69. The highest BCUT2D eigenvalue weighted by atomic mass is 19.1. The Morgan fingerprint density at radius 3 is 2.58 bits per heavy atom. The molecule has 1 heterocycles. The summed E-state index contributed by atoms with van der Waals surface area (Å²) in [7, 11) is 0. The molecule has 0 unspecified atom stereocenters. The van der Waals surface area contributed by atoms with Gasteiger partial charge in [0.25, 0.3) is 0 Å². The Hall–Kier alpha value is -1.65. The third-order valence-corrected chi connectivity index (χ3v) is 4.31. The molecule has 19 heavy (non-hydrogen) atoms. The fraction of sp³-hybridized carbons (Fsp3) is 0.571. The van der Waals surface area contributed by atoms with Gasteiger partial charge in [0, 0.05) is 13.1 Å². The van der Waals surface area contributed by atoms with E-state index >= 15 is 0 Å². The monoisotopic (exact) mass is 266 g/mol. The van der Waals surface area contributed by atoms with Gasteiger partial charge in [0.2, 0.25) is 5.82 Å². The van der Waals surface area contributed by atoms with Crippen LogP contribution >= 0.6 is 0 Å². The van der Waals surface area contributed by atoms with Crippen molar-refractivity contribution in [2.24, 2.45) is 5.41 Å². The van der Waals surface area contributed by atoms with E-state index in [1.54, 1.807) is 6.07 Å². The lowest BCUT2D eigenvalue weighted by Crippen LogP contribution is -2.38. The van der Waals surface area contributed by atoms with Crippen LogP contribution in [0.15, 0.2) is 18.2 Å². The molecule has 0 saturated carbocycles. The first-order valence-electron chi connectivity index (χ1n) is 6.65. The lowest BCUT2D eigenvalue weighted by atomic mass is 9.78. The summed E-state index contributed by atoms with van der Waals surface area (Å²) in [4.78, 5) is 12.3. The van der Waals surface area contributed by atoms with Gasteiger partial charge in [-0.05, 0) is 30.4 Å². The number of para-hydroxylation sites is 1. The Morgan fingerprint density at radius 2 is 2.05 bits per heavy atom. The number of nitrogens with zero attached hydrogens (tertiary/aromatic N) is 2. The maximum atomic E-state index is 13.6. The van der Waals surface area contributed by atoms with Gasteiger partial charge in [0.1, 0.15) is 5.69 Å². The molecule has 5 heteroatoms. The summed E-state index contributed by atoms with van der Waals surface area (Å²) < 4.78 is 13.6. The summed E-state index contributed by atoms with van der Waals surface area (Å²) in [6, 6.07) is 4.31. The Kier molecular flexibility index (Phi) is 3.73. The smallest absolute Gasteiger partial charge is 0.327 e. The quantitative estimate of drug-likeness (QED) is 0.618. The van der Waals surface area contributed by atoms with E-state index in [4.69, 9.17) is 0 Å². The average Bonchev–Trinajstić information content (AvgIpc) is 2.39. The average molecular weight is 266 g/mol. The first kappa shape index (κ1) is 13.8. The zero-order chi connectivity index (χ0) is 14.0. The second-order valence-electron chi connectivity index (χ2n) is 5.52. The highest BCUT2D eigenvalue weighted by molar-refractivity contribution is 5.64. The molecule has 1 aromatic carbocycles. The van der Waals surface area contributed by atoms with Gasteiger partial charge in [0.15, 0.2) is 0 Å². The maximum absolute atomic E-state index is 13.6. The zero-order valence-electron chi connectivity index (χ0n) is 11.4. The lowest BCUT2D eigenvalue weighted by Gasteiger charge is -2.39. The number of piperidine rings is 1. The standard InChI is InChI=1S/C14H19FN2O2/c1-3-14(2)7-9-16(10-8-14)12-6-4-5-11(15)13(12)17(18)19/h4-6H,3,7-10H2,1-2H3. The zero-order valence-corrected chi connectivity index (χ0v) is 11.4. The van der Waals surface area contributed by atoms with Gasteiger partial charge >= 0.3 is 5.69 Å². The van der Waals surface area contributed by atoms with Crippen molar-refractivity contribution in [3.8, 4) is 0 Å². The number of benzene rings is 1. The van der Waals surface area contributed by atoms with E-state index in [1.165, 1.54) is 6.07 Å². The normalized spacial score (nSPS) is 18.4. The van der Waals surface area contributed by atoms with Crippen molar-refractivity contribution in [3.05, 3.63) is 34.1 Å². The van der Waals surface area contributed by atoms with E-state index in [9.17, 15) is 14.5 Å². The van der Waals surface area contributed by atoms with Crippen LogP contribution in [0.25, 0.3) is 0 Å². The van der Waals surface area contributed by atoms with Gasteiger partial charge in [-0.2, -0.15) is 4.39 Å². The number of hydrogen-bond donors (Lipinski definition) is 0. The summed E-state index contributed by atoms with van der Waals surface area (Å²) >= 11 is 0. The minimum atomic E-state index is -0.758. The molecule has 0 aliphatic carbocycles. The molecule has 0 spiro atoms. The second kappa shape index (κ2) is 5.15. The first-order chi connectivity index (χ1) is 8.97. The molecule has 1 aromatic rings. The van der Waals surface area contributed by atoms with Crippen molar-refractivity contribution in [1.82, 2.24) is 0 Å². The number of nitro groups is 1. The van der Waals surface area contributed by atoms with Gasteiger partial charge in [-0.25, -0.2) is 0 Å². The molecule has 0 aromatic heterocycles. The molecule has 0 radical (unpaired) electrons. The topological polar surface area (TPSA) is 46.4 Å². The fourth-order valence-corrected chi connectivity index (χ4v) is 2.58. The number of hydrogen-bond acceptors (Lipinski definition) is 3. The predicted octanol–water partition coefficient (Wildman–Crippen LogP) is 3.75. The minimum absolute atomic E-state index is 0.304. The summed E-state index contributed by atoms with van der Waals surface area (Å²) in [6.45, 7) is 5.90. The molecule has 2 rings (SSSR count). The minimum Gasteiger partial charge on any atom is -0.366 e. The summed E-state index contributed by atoms with van der Waals surface area (Å²) in [5, 5.41) is 11.0. The Morgan fingerprint density at radius 1 is 1.42 bits per heavy atom. The summed E-state index contributed by atoms with van der Waals surface area (Å²) in [5.74, 6) is -0.758. The molecule has 1 aliphatic heterocycles. The molecular weight excluding hydrogens is 247 g/mol. The van der Waals surface area contributed by atoms with E-state index in [0.29, 0.717) is 11.1 Å². The van der Waals surface area contributed by atoms with Crippen LogP contribution in [0.3, 0.4) is 0 Å². The molecule has 1 aliphatic rings. The number of anilines is 1. The maximum Gasteiger partial charge on any atom is 0.327 e. The first-order valence-corrected chi connectivity index (χ1v) is 6.65. The molecule has 0 bridgehead atoms. The summed E-state index contributed by atoms with van der Waals surface area (Å²) in [6.07, 6.45) is 3.07. The highest BCUT2D eigenvalue weighted by Gasteiger charge is 2.31. The molecule has 1 saturated heterocycles. The Labute approximate surface area is 112 Å². The van der Waals surface area contributed by atoms with Gasteiger partial charge in [-0.1, -0.05) is 26.3 Å². The van der Waals surface area contributed by atoms with E-state index in [1.807, 2.05) is 4.90 Å². The van der Waals surface area contributed by atoms with Gasteiger partial charge in [-0.3, -0.25) is 10.1 Å². The molecular formula is C14H19FN2O2. The predicted molar refractivity (Wildman–Crippen MR) is 72.9 cm³/mol. The van der Waals surface area contributed by atoms with E-state index < -0.39 is 16.4 Å².